The first-order chi connectivity index (χ1) is 20.0. The summed E-state index contributed by atoms with van der Waals surface area (Å²) in [7, 11) is 1.53. The lowest BCUT2D eigenvalue weighted by atomic mass is 10.1. The number of amides is 3. The van der Waals surface area contributed by atoms with Gasteiger partial charge in [-0.25, -0.2) is 9.59 Å². The molecule has 0 unspecified atom stereocenters. The Hall–Kier alpha value is -4.83. The number of carbonyl (C=O) groups is 2. The van der Waals surface area contributed by atoms with Crippen molar-refractivity contribution in [3.05, 3.63) is 101 Å². The Morgan fingerprint density at radius 1 is 0.927 bits per heavy atom. The number of nitrogens with zero attached hydrogens (tertiary/aromatic N) is 3. The molecule has 10 heteroatoms. The third kappa shape index (κ3) is 5.87. The Bertz CT molecular complexity index is 1590. The molecule has 0 spiro atoms. The van der Waals surface area contributed by atoms with E-state index < -0.39 is 6.03 Å². The Kier molecular flexibility index (Phi) is 8.50. The van der Waals surface area contributed by atoms with Crippen LogP contribution in [0.15, 0.2) is 83.7 Å². The van der Waals surface area contributed by atoms with Gasteiger partial charge in [0.15, 0.2) is 0 Å². The Morgan fingerprint density at radius 2 is 1.61 bits per heavy atom. The van der Waals surface area contributed by atoms with E-state index >= 15 is 0 Å². The second kappa shape index (κ2) is 12.6. The molecule has 1 fully saturated rings. The van der Waals surface area contributed by atoms with Gasteiger partial charge in [0, 0.05) is 44.8 Å². The number of aryl methyl sites for hydroxylation is 1. The number of anilines is 1. The smallest absolute Gasteiger partial charge is 0.333 e. The highest BCUT2D eigenvalue weighted by Crippen LogP contribution is 2.29. The molecule has 2 heterocycles. The molecule has 0 saturated carbocycles. The fraction of sp³-hybridized carbons (Fsp3) is 0.258. The van der Waals surface area contributed by atoms with Crippen LogP contribution in [-0.4, -0.2) is 65.8 Å². The Morgan fingerprint density at radius 3 is 2.34 bits per heavy atom. The first kappa shape index (κ1) is 27.7. The second-order valence-electron chi connectivity index (χ2n) is 9.74. The van der Waals surface area contributed by atoms with E-state index in [0.717, 1.165) is 11.1 Å². The van der Waals surface area contributed by atoms with Crippen LogP contribution < -0.4 is 26.4 Å². The monoisotopic (exact) mass is 554 g/mol. The maximum absolute atomic E-state index is 14.2. The fourth-order valence-electron chi connectivity index (χ4n) is 5.08. The largest absolute Gasteiger partial charge is 0.495 e. The summed E-state index contributed by atoms with van der Waals surface area (Å²) in [6.45, 7) is 4.60. The minimum Gasteiger partial charge on any atom is -0.495 e. The maximum Gasteiger partial charge on any atom is 0.333 e. The highest BCUT2D eigenvalue weighted by molar-refractivity contribution is 5.99. The van der Waals surface area contributed by atoms with Crippen LogP contribution in [0.4, 0.5) is 10.5 Å². The van der Waals surface area contributed by atoms with Gasteiger partial charge in [-0.05, 0) is 30.7 Å². The molecule has 4 aromatic rings. The van der Waals surface area contributed by atoms with E-state index in [9.17, 15) is 14.4 Å². The molecular weight excluding hydrogens is 520 g/mol. The lowest BCUT2D eigenvalue weighted by Crippen LogP contribution is -2.47. The van der Waals surface area contributed by atoms with Crippen LogP contribution in [-0.2, 0) is 6.54 Å². The number of hydrogen-bond donors (Lipinski definition) is 3. The third-order valence-electron chi connectivity index (χ3n) is 7.13. The quantitative estimate of drug-likeness (QED) is 0.309. The predicted molar refractivity (Wildman–Crippen MR) is 159 cm³/mol. The fourth-order valence-corrected chi connectivity index (χ4v) is 5.08. The summed E-state index contributed by atoms with van der Waals surface area (Å²) >= 11 is 0. The van der Waals surface area contributed by atoms with Gasteiger partial charge in [0.1, 0.15) is 11.4 Å². The van der Waals surface area contributed by atoms with Crippen molar-refractivity contribution in [2.24, 2.45) is 0 Å². The number of para-hydroxylation sites is 3. The van der Waals surface area contributed by atoms with E-state index in [1.165, 1.54) is 11.7 Å². The zero-order valence-electron chi connectivity index (χ0n) is 23.2. The SMILES string of the molecule is COc1ccccc1NC(=O)NCCn1c(C(=O)N2CCNCC2)c(-c2ccccc2)n(-c2ccccc2C)c1=O. The van der Waals surface area contributed by atoms with Gasteiger partial charge in [-0.1, -0.05) is 60.7 Å². The first-order valence-corrected chi connectivity index (χ1v) is 13.6. The highest BCUT2D eigenvalue weighted by Gasteiger charge is 2.31. The van der Waals surface area contributed by atoms with Gasteiger partial charge in [-0.15, -0.1) is 0 Å². The molecule has 41 heavy (non-hydrogen) atoms. The minimum absolute atomic E-state index is 0.101. The number of methoxy groups -OCH3 is 1. The van der Waals surface area contributed by atoms with Crippen LogP contribution in [0.3, 0.4) is 0 Å². The molecule has 212 valence electrons. The summed E-state index contributed by atoms with van der Waals surface area (Å²) in [5.41, 5.74) is 3.38. The molecular formula is C31H34N6O4. The number of carbonyl (C=O) groups excluding carboxylic acids is 2. The number of urea groups is 1. The lowest BCUT2D eigenvalue weighted by molar-refractivity contribution is 0.0725. The molecule has 10 nitrogen and oxygen atoms in total. The van der Waals surface area contributed by atoms with E-state index in [4.69, 9.17) is 4.74 Å². The number of hydrogen-bond acceptors (Lipinski definition) is 5. The highest BCUT2D eigenvalue weighted by atomic mass is 16.5. The van der Waals surface area contributed by atoms with Gasteiger partial charge in [-0.2, -0.15) is 0 Å². The zero-order valence-corrected chi connectivity index (χ0v) is 23.2. The third-order valence-corrected chi connectivity index (χ3v) is 7.13. The number of aromatic nitrogens is 2. The van der Waals surface area contributed by atoms with Crippen molar-refractivity contribution in [3.8, 4) is 22.7 Å². The average Bonchev–Trinajstić information content (AvgIpc) is 3.29. The number of imidazole rings is 1. The van der Waals surface area contributed by atoms with Crippen LogP contribution >= 0.6 is 0 Å². The van der Waals surface area contributed by atoms with Gasteiger partial charge in [0.25, 0.3) is 5.91 Å². The molecule has 0 atom stereocenters. The van der Waals surface area contributed by atoms with Crippen molar-refractivity contribution in [2.75, 3.05) is 45.2 Å². The van der Waals surface area contributed by atoms with Crippen LogP contribution in [0, 0.1) is 6.92 Å². The summed E-state index contributed by atoms with van der Waals surface area (Å²) in [5.74, 6) is 0.318. The predicted octanol–water partition coefficient (Wildman–Crippen LogP) is 3.49. The number of piperazine rings is 1. The van der Waals surface area contributed by atoms with Crippen molar-refractivity contribution >= 4 is 17.6 Å². The Labute approximate surface area is 238 Å². The van der Waals surface area contributed by atoms with Crippen molar-refractivity contribution in [1.82, 2.24) is 24.7 Å². The molecule has 0 bridgehead atoms. The van der Waals surface area contributed by atoms with E-state index in [0.29, 0.717) is 54.7 Å². The van der Waals surface area contributed by atoms with Crippen molar-refractivity contribution in [3.63, 3.8) is 0 Å². The summed E-state index contributed by atoms with van der Waals surface area (Å²) in [6, 6.07) is 23.8. The molecule has 3 aromatic carbocycles. The number of ether oxygens (including phenoxy) is 1. The van der Waals surface area contributed by atoms with Crippen LogP contribution in [0.1, 0.15) is 16.1 Å². The molecule has 0 radical (unpaired) electrons. The molecule has 0 aliphatic carbocycles. The van der Waals surface area contributed by atoms with Crippen molar-refractivity contribution in [2.45, 2.75) is 13.5 Å². The second-order valence-corrected chi connectivity index (χ2v) is 9.74. The first-order valence-electron chi connectivity index (χ1n) is 13.6. The summed E-state index contributed by atoms with van der Waals surface area (Å²) in [5, 5.41) is 8.87. The van der Waals surface area contributed by atoms with Gasteiger partial charge < -0.3 is 25.6 Å². The molecule has 1 aromatic heterocycles. The zero-order chi connectivity index (χ0) is 28.8. The van der Waals surface area contributed by atoms with Gasteiger partial charge >= 0.3 is 11.7 Å². The lowest BCUT2D eigenvalue weighted by Gasteiger charge is -2.28. The number of rotatable bonds is 8. The molecule has 1 aliphatic rings. The normalized spacial score (nSPS) is 13.1. The van der Waals surface area contributed by atoms with Gasteiger partial charge in [0.2, 0.25) is 0 Å². The van der Waals surface area contributed by atoms with E-state index in [1.807, 2.05) is 67.6 Å². The molecule has 5 rings (SSSR count). The number of benzene rings is 3. The maximum atomic E-state index is 14.2. The topological polar surface area (TPSA) is 110 Å². The van der Waals surface area contributed by atoms with E-state index in [2.05, 4.69) is 16.0 Å². The van der Waals surface area contributed by atoms with Crippen LogP contribution in [0.2, 0.25) is 0 Å². The van der Waals surface area contributed by atoms with Crippen LogP contribution in [0.5, 0.6) is 5.75 Å². The van der Waals surface area contributed by atoms with E-state index in [1.54, 1.807) is 27.7 Å². The summed E-state index contributed by atoms with van der Waals surface area (Å²) in [4.78, 5) is 42.8. The number of nitrogens with one attached hydrogen (secondary N) is 3. The summed E-state index contributed by atoms with van der Waals surface area (Å²) < 4.78 is 8.42. The molecule has 3 amide bonds. The molecule has 3 N–H and O–H groups in total. The molecule has 1 aliphatic heterocycles. The standard InChI is InChI=1S/C31H34N6O4/c1-22-10-6-8-14-25(22)37-27(23-11-4-3-5-12-23)28(29(38)35-19-16-32-17-20-35)36(31(37)40)21-18-33-30(39)34-24-13-7-9-15-26(24)41-2/h3-15,32H,16-21H2,1-2H3,(H2,33,34,39). The minimum atomic E-state index is -0.445. The Balaban J connectivity index is 1.54. The van der Waals surface area contributed by atoms with Crippen LogP contribution in [0.25, 0.3) is 16.9 Å². The van der Waals surface area contributed by atoms with Gasteiger partial charge in [-0.3, -0.25) is 13.9 Å². The van der Waals surface area contributed by atoms with E-state index in [-0.39, 0.29) is 24.7 Å². The van der Waals surface area contributed by atoms with Crippen molar-refractivity contribution < 1.29 is 14.3 Å². The van der Waals surface area contributed by atoms with Gasteiger partial charge in [0.05, 0.1) is 24.2 Å². The average molecular weight is 555 g/mol. The molecule has 1 saturated heterocycles. The van der Waals surface area contributed by atoms with Crippen molar-refractivity contribution in [1.29, 1.82) is 0 Å². The summed E-state index contributed by atoms with van der Waals surface area (Å²) in [6.07, 6.45) is 0.